The highest BCUT2D eigenvalue weighted by Gasteiger charge is 2.22. The first-order chi connectivity index (χ1) is 9.99. The number of nitrogens with two attached hydrogens (primary N) is 1. The fourth-order valence-electron chi connectivity index (χ4n) is 2.32. The Morgan fingerprint density at radius 3 is 2.33 bits per heavy atom. The third kappa shape index (κ3) is 7.31. The quantitative estimate of drug-likeness (QED) is 0.732. The minimum Gasteiger partial charge on any atom is -0.478 e. The lowest BCUT2D eigenvalue weighted by Gasteiger charge is -2.27. The maximum atomic E-state index is 9.55. The van der Waals surface area contributed by atoms with Gasteiger partial charge in [0, 0.05) is 24.6 Å². The van der Waals surface area contributed by atoms with Crippen LogP contribution in [-0.2, 0) is 16.0 Å². The van der Waals surface area contributed by atoms with Gasteiger partial charge in [-0.3, -0.25) is 0 Å². The first-order valence-corrected chi connectivity index (χ1v) is 6.91. The highest BCUT2D eigenvalue weighted by molar-refractivity contribution is 5.89. The minimum absolute atomic E-state index is 0.388. The van der Waals surface area contributed by atoms with Crippen LogP contribution in [0.4, 0.5) is 0 Å². The summed E-state index contributed by atoms with van der Waals surface area (Å²) in [7, 11) is 0. The van der Waals surface area contributed by atoms with Crippen LogP contribution >= 0.6 is 0 Å². The van der Waals surface area contributed by atoms with Crippen LogP contribution in [0.1, 0.15) is 31.4 Å². The Balaban J connectivity index is 0.000000240. The third-order valence-electron chi connectivity index (χ3n) is 3.38. The van der Waals surface area contributed by atoms with Crippen molar-refractivity contribution >= 4 is 11.9 Å². The van der Waals surface area contributed by atoms with Gasteiger partial charge in [0.1, 0.15) is 5.76 Å². The molecule has 1 aromatic heterocycles. The number of rotatable bonds is 4. The van der Waals surface area contributed by atoms with Crippen LogP contribution in [0.25, 0.3) is 0 Å². The summed E-state index contributed by atoms with van der Waals surface area (Å²) in [5, 5.41) is 15.6. The molecule has 2 unspecified atom stereocenters. The monoisotopic (exact) mass is 295 g/mol. The van der Waals surface area contributed by atoms with Crippen molar-refractivity contribution < 1.29 is 24.2 Å². The summed E-state index contributed by atoms with van der Waals surface area (Å²) < 4.78 is 5.33. The van der Waals surface area contributed by atoms with Crippen molar-refractivity contribution in [1.29, 1.82) is 0 Å². The van der Waals surface area contributed by atoms with Gasteiger partial charge in [0.2, 0.25) is 0 Å². The molecule has 1 aromatic rings. The van der Waals surface area contributed by atoms with Crippen LogP contribution in [0.5, 0.6) is 0 Å². The summed E-state index contributed by atoms with van der Waals surface area (Å²) >= 11 is 0. The van der Waals surface area contributed by atoms with E-state index in [0.717, 1.165) is 12.2 Å². The van der Waals surface area contributed by atoms with Crippen LogP contribution in [0.15, 0.2) is 35.0 Å². The van der Waals surface area contributed by atoms with Crippen LogP contribution < -0.4 is 5.73 Å². The van der Waals surface area contributed by atoms with E-state index in [2.05, 4.69) is 0 Å². The van der Waals surface area contributed by atoms with Gasteiger partial charge in [-0.1, -0.05) is 12.8 Å². The van der Waals surface area contributed by atoms with Gasteiger partial charge in [0.15, 0.2) is 0 Å². The minimum atomic E-state index is -1.26. The Hall–Kier alpha value is -2.08. The number of carboxylic acids is 2. The van der Waals surface area contributed by atoms with Crippen molar-refractivity contribution in [2.75, 3.05) is 0 Å². The van der Waals surface area contributed by atoms with E-state index < -0.39 is 11.9 Å². The molecule has 1 heterocycles. The normalized spacial score (nSPS) is 21.6. The van der Waals surface area contributed by atoms with E-state index in [1.165, 1.54) is 25.7 Å². The van der Waals surface area contributed by atoms with Crippen LogP contribution in [-0.4, -0.2) is 28.2 Å². The van der Waals surface area contributed by atoms with E-state index in [9.17, 15) is 9.59 Å². The zero-order chi connectivity index (χ0) is 15.7. The molecular weight excluding hydrogens is 274 g/mol. The number of carbonyl (C=O) groups is 2. The molecule has 1 aliphatic rings. The maximum Gasteiger partial charge on any atom is 0.328 e. The number of furan rings is 1. The average Bonchev–Trinajstić information content (AvgIpc) is 2.93. The smallest absolute Gasteiger partial charge is 0.328 e. The molecule has 0 spiro atoms. The van der Waals surface area contributed by atoms with Crippen LogP contribution in [0, 0.1) is 5.92 Å². The molecule has 4 N–H and O–H groups in total. The Bertz CT molecular complexity index is 450. The van der Waals surface area contributed by atoms with Gasteiger partial charge in [0.25, 0.3) is 0 Å². The number of hydrogen-bond acceptors (Lipinski definition) is 4. The third-order valence-corrected chi connectivity index (χ3v) is 3.38. The van der Waals surface area contributed by atoms with Gasteiger partial charge in [0.05, 0.1) is 6.26 Å². The predicted octanol–water partition coefficient (Wildman–Crippen LogP) is 2.05. The van der Waals surface area contributed by atoms with Crippen molar-refractivity contribution in [3.05, 3.63) is 36.3 Å². The predicted molar refractivity (Wildman–Crippen MR) is 76.8 cm³/mol. The SMILES string of the molecule is NC1CCCCC1Cc1ccco1.O=C(O)/C=C\C(=O)O. The molecule has 116 valence electrons. The summed E-state index contributed by atoms with van der Waals surface area (Å²) in [5.74, 6) is -0.790. The molecule has 21 heavy (non-hydrogen) atoms. The topological polar surface area (TPSA) is 114 Å². The molecule has 1 saturated carbocycles. The highest BCUT2D eigenvalue weighted by atomic mass is 16.4. The molecule has 2 atom stereocenters. The first-order valence-electron chi connectivity index (χ1n) is 6.91. The second kappa shape index (κ2) is 8.97. The molecule has 0 bridgehead atoms. The van der Waals surface area contributed by atoms with E-state index in [-0.39, 0.29) is 0 Å². The summed E-state index contributed by atoms with van der Waals surface area (Å²) in [5.41, 5.74) is 6.05. The second-order valence-electron chi connectivity index (χ2n) is 5.00. The zero-order valence-electron chi connectivity index (χ0n) is 11.8. The molecule has 0 saturated heterocycles. The summed E-state index contributed by atoms with van der Waals surface area (Å²) in [6, 6.07) is 4.38. The molecule has 6 nitrogen and oxygen atoms in total. The van der Waals surface area contributed by atoms with Crippen LogP contribution in [0.2, 0.25) is 0 Å². The Morgan fingerprint density at radius 2 is 1.86 bits per heavy atom. The average molecular weight is 295 g/mol. The number of hydrogen-bond donors (Lipinski definition) is 3. The van der Waals surface area contributed by atoms with Gasteiger partial charge in [-0.2, -0.15) is 0 Å². The molecule has 0 radical (unpaired) electrons. The highest BCUT2D eigenvalue weighted by Crippen LogP contribution is 2.26. The molecule has 0 amide bonds. The van der Waals surface area contributed by atoms with Gasteiger partial charge in [-0.25, -0.2) is 9.59 Å². The number of aliphatic carboxylic acids is 2. The van der Waals surface area contributed by atoms with E-state index in [0.29, 0.717) is 24.1 Å². The Morgan fingerprint density at radius 1 is 1.24 bits per heavy atom. The van der Waals surface area contributed by atoms with Gasteiger partial charge in [-0.05, 0) is 30.9 Å². The summed E-state index contributed by atoms with van der Waals surface area (Å²) in [4.78, 5) is 19.1. The second-order valence-corrected chi connectivity index (χ2v) is 5.00. The van der Waals surface area contributed by atoms with Crippen molar-refractivity contribution in [3.8, 4) is 0 Å². The Kier molecular flexibility index (Phi) is 7.25. The van der Waals surface area contributed by atoms with Gasteiger partial charge < -0.3 is 20.4 Å². The molecule has 1 aliphatic carbocycles. The Labute approximate surface area is 123 Å². The lowest BCUT2D eigenvalue weighted by Crippen LogP contribution is -2.34. The van der Waals surface area contributed by atoms with E-state index in [1.807, 2.05) is 12.1 Å². The molecule has 1 fully saturated rings. The van der Waals surface area contributed by atoms with Gasteiger partial charge in [-0.15, -0.1) is 0 Å². The van der Waals surface area contributed by atoms with Crippen molar-refractivity contribution in [1.82, 2.24) is 0 Å². The molecule has 0 aromatic carbocycles. The first kappa shape index (κ1) is 17.0. The van der Waals surface area contributed by atoms with E-state index >= 15 is 0 Å². The summed E-state index contributed by atoms with van der Waals surface area (Å²) in [6.07, 6.45) is 8.96. The maximum absolute atomic E-state index is 9.55. The lowest BCUT2D eigenvalue weighted by molar-refractivity contribution is -0.134. The molecule has 6 heteroatoms. The van der Waals surface area contributed by atoms with Crippen LogP contribution in [0.3, 0.4) is 0 Å². The van der Waals surface area contributed by atoms with E-state index in [1.54, 1.807) is 6.26 Å². The fourth-order valence-corrected chi connectivity index (χ4v) is 2.32. The van der Waals surface area contributed by atoms with Crippen molar-refractivity contribution in [2.45, 2.75) is 38.1 Å². The molecule has 2 rings (SSSR count). The van der Waals surface area contributed by atoms with Crippen molar-refractivity contribution in [2.24, 2.45) is 11.7 Å². The number of carboxylic acid groups (broad SMARTS) is 2. The molecular formula is C15H21NO5. The standard InChI is InChI=1S/C11H17NO.C4H4O4/c12-11-6-2-1-4-9(11)8-10-5-3-7-13-10;5-3(6)1-2-4(7)8/h3,5,7,9,11H,1-2,4,6,8,12H2;1-2H,(H,5,6)(H,7,8)/b;2-1-. The zero-order valence-corrected chi connectivity index (χ0v) is 11.8. The van der Waals surface area contributed by atoms with E-state index in [4.69, 9.17) is 20.4 Å². The van der Waals surface area contributed by atoms with Crippen molar-refractivity contribution in [3.63, 3.8) is 0 Å². The summed E-state index contributed by atoms with van der Waals surface area (Å²) in [6.45, 7) is 0. The molecule has 0 aliphatic heterocycles. The van der Waals surface area contributed by atoms with Gasteiger partial charge >= 0.3 is 11.9 Å². The largest absolute Gasteiger partial charge is 0.478 e. The fraction of sp³-hybridized carbons (Fsp3) is 0.467. The lowest BCUT2D eigenvalue weighted by atomic mass is 9.82.